The van der Waals surface area contributed by atoms with Gasteiger partial charge in [0.1, 0.15) is 4.21 Å². The lowest BCUT2D eigenvalue weighted by molar-refractivity contribution is 0.584. The van der Waals surface area contributed by atoms with Gasteiger partial charge < -0.3 is 5.73 Å². The molecule has 0 aliphatic heterocycles. The van der Waals surface area contributed by atoms with Crippen molar-refractivity contribution in [2.75, 3.05) is 6.54 Å². The average Bonchev–Trinajstić information content (AvgIpc) is 2.98. The van der Waals surface area contributed by atoms with E-state index in [-0.39, 0.29) is 0 Å². The topological polar surface area (TPSA) is 72.2 Å². The molecule has 0 atom stereocenters. The van der Waals surface area contributed by atoms with Crippen LogP contribution in [-0.2, 0) is 23.0 Å². The third-order valence-electron chi connectivity index (χ3n) is 2.73. The number of nitrogens with one attached hydrogen (secondary N) is 1. The molecule has 0 amide bonds. The summed E-state index contributed by atoms with van der Waals surface area (Å²) in [5.74, 6) is 0. The largest absolute Gasteiger partial charge is 0.326 e. The summed E-state index contributed by atoms with van der Waals surface area (Å²) in [6.45, 7) is 2.66. The Kier molecular flexibility index (Phi) is 4.75. The van der Waals surface area contributed by atoms with Gasteiger partial charge in [0.15, 0.2) is 0 Å². The Hall–Kier alpha value is -0.730. The number of hydrogen-bond acceptors (Lipinski definition) is 5. The first-order chi connectivity index (χ1) is 9.03. The first-order valence-corrected chi connectivity index (χ1v) is 9.07. The van der Waals surface area contributed by atoms with Gasteiger partial charge in [-0.25, -0.2) is 13.1 Å². The second-order valence-corrected chi connectivity index (χ2v) is 8.07. The summed E-state index contributed by atoms with van der Waals surface area (Å²) >= 11 is 2.85. The molecule has 19 heavy (non-hydrogen) atoms. The third-order valence-corrected chi connectivity index (χ3v) is 6.66. The SMILES string of the molecule is Cc1cc(S(=O)(=O)NCCc2ccsc2)sc1CN. The molecule has 0 fully saturated rings. The van der Waals surface area contributed by atoms with Crippen LogP contribution in [0.4, 0.5) is 0 Å². The third kappa shape index (κ3) is 3.64. The van der Waals surface area contributed by atoms with Gasteiger partial charge in [-0.1, -0.05) is 0 Å². The highest BCUT2D eigenvalue weighted by Gasteiger charge is 2.17. The summed E-state index contributed by atoms with van der Waals surface area (Å²) in [5.41, 5.74) is 7.65. The fourth-order valence-corrected chi connectivity index (χ4v) is 4.91. The molecule has 7 heteroatoms. The van der Waals surface area contributed by atoms with Crippen molar-refractivity contribution in [2.45, 2.75) is 24.1 Å². The molecule has 0 aliphatic rings. The Morgan fingerprint density at radius 3 is 2.79 bits per heavy atom. The average molecular weight is 316 g/mol. The van der Waals surface area contributed by atoms with Crippen LogP contribution in [0.2, 0.25) is 0 Å². The van der Waals surface area contributed by atoms with Crippen LogP contribution in [0.15, 0.2) is 27.1 Å². The van der Waals surface area contributed by atoms with Crippen molar-refractivity contribution in [3.8, 4) is 0 Å². The minimum atomic E-state index is -3.41. The van der Waals surface area contributed by atoms with Gasteiger partial charge in [-0.15, -0.1) is 11.3 Å². The lowest BCUT2D eigenvalue weighted by Crippen LogP contribution is -2.25. The molecule has 0 unspecified atom stereocenters. The van der Waals surface area contributed by atoms with E-state index in [4.69, 9.17) is 5.73 Å². The first kappa shape index (κ1) is 14.7. The molecule has 0 bridgehead atoms. The Labute approximate surface area is 121 Å². The van der Waals surface area contributed by atoms with Crippen LogP contribution in [0.25, 0.3) is 0 Å². The Morgan fingerprint density at radius 1 is 1.42 bits per heavy atom. The molecule has 2 aromatic rings. The highest BCUT2D eigenvalue weighted by atomic mass is 32.2. The maximum atomic E-state index is 12.1. The summed E-state index contributed by atoms with van der Waals surface area (Å²) in [5, 5.41) is 4.01. The van der Waals surface area contributed by atoms with Gasteiger partial charge in [-0.05, 0) is 47.4 Å². The van der Waals surface area contributed by atoms with E-state index in [2.05, 4.69) is 4.72 Å². The summed E-state index contributed by atoms with van der Waals surface area (Å²) in [6, 6.07) is 3.68. The molecule has 2 heterocycles. The van der Waals surface area contributed by atoms with Crippen LogP contribution in [0.1, 0.15) is 16.0 Å². The monoisotopic (exact) mass is 316 g/mol. The van der Waals surface area contributed by atoms with Crippen molar-refractivity contribution in [2.24, 2.45) is 5.73 Å². The molecule has 0 aromatic carbocycles. The molecule has 0 spiro atoms. The van der Waals surface area contributed by atoms with E-state index >= 15 is 0 Å². The lowest BCUT2D eigenvalue weighted by Gasteiger charge is -2.03. The van der Waals surface area contributed by atoms with E-state index < -0.39 is 10.0 Å². The molecular weight excluding hydrogens is 300 g/mol. The van der Waals surface area contributed by atoms with Gasteiger partial charge in [-0.2, -0.15) is 11.3 Å². The van der Waals surface area contributed by atoms with Crippen molar-refractivity contribution in [1.29, 1.82) is 0 Å². The minimum absolute atomic E-state index is 0.343. The zero-order chi connectivity index (χ0) is 13.9. The molecular formula is C12H16N2O2S3. The zero-order valence-corrected chi connectivity index (χ0v) is 13.0. The number of nitrogens with two attached hydrogens (primary N) is 1. The molecule has 0 aliphatic carbocycles. The number of aryl methyl sites for hydroxylation is 1. The van der Waals surface area contributed by atoms with Crippen LogP contribution in [0, 0.1) is 6.92 Å². The first-order valence-electron chi connectivity index (χ1n) is 5.83. The molecule has 2 rings (SSSR count). The smallest absolute Gasteiger partial charge is 0.250 e. The summed E-state index contributed by atoms with van der Waals surface area (Å²) in [7, 11) is -3.41. The van der Waals surface area contributed by atoms with E-state index in [0.29, 0.717) is 23.7 Å². The Bertz CT molecular complexity index is 630. The molecule has 2 aromatic heterocycles. The van der Waals surface area contributed by atoms with E-state index in [1.54, 1.807) is 17.4 Å². The quantitative estimate of drug-likeness (QED) is 0.857. The predicted molar refractivity (Wildman–Crippen MR) is 80.2 cm³/mol. The number of sulfonamides is 1. The fraction of sp³-hybridized carbons (Fsp3) is 0.333. The normalized spacial score (nSPS) is 11.9. The summed E-state index contributed by atoms with van der Waals surface area (Å²) in [6.07, 6.45) is 0.705. The minimum Gasteiger partial charge on any atom is -0.326 e. The lowest BCUT2D eigenvalue weighted by atomic mass is 10.2. The van der Waals surface area contributed by atoms with Crippen LogP contribution in [0.5, 0.6) is 0 Å². The van der Waals surface area contributed by atoms with Crippen molar-refractivity contribution in [3.63, 3.8) is 0 Å². The second-order valence-electron chi connectivity index (χ2n) is 4.16. The van der Waals surface area contributed by atoms with Gasteiger partial charge >= 0.3 is 0 Å². The van der Waals surface area contributed by atoms with Crippen molar-refractivity contribution >= 4 is 32.7 Å². The Balaban J connectivity index is 2.01. The van der Waals surface area contributed by atoms with E-state index in [0.717, 1.165) is 16.0 Å². The van der Waals surface area contributed by atoms with Crippen LogP contribution in [0.3, 0.4) is 0 Å². The molecule has 3 N–H and O–H groups in total. The highest BCUT2D eigenvalue weighted by molar-refractivity contribution is 7.91. The molecule has 104 valence electrons. The predicted octanol–water partition coefficient (Wildman–Crippen LogP) is 2.10. The van der Waals surface area contributed by atoms with Crippen LogP contribution in [-0.4, -0.2) is 15.0 Å². The van der Waals surface area contributed by atoms with Gasteiger partial charge in [0.05, 0.1) is 0 Å². The maximum Gasteiger partial charge on any atom is 0.250 e. The van der Waals surface area contributed by atoms with Crippen molar-refractivity contribution in [1.82, 2.24) is 4.72 Å². The second kappa shape index (κ2) is 6.15. The van der Waals surface area contributed by atoms with Gasteiger partial charge in [0.25, 0.3) is 0 Å². The Morgan fingerprint density at radius 2 is 2.21 bits per heavy atom. The van der Waals surface area contributed by atoms with E-state index in [1.165, 1.54) is 11.3 Å². The van der Waals surface area contributed by atoms with Gasteiger partial charge in [0.2, 0.25) is 10.0 Å². The van der Waals surface area contributed by atoms with Gasteiger partial charge in [-0.3, -0.25) is 0 Å². The van der Waals surface area contributed by atoms with E-state index in [9.17, 15) is 8.42 Å². The molecule has 0 saturated heterocycles. The summed E-state index contributed by atoms with van der Waals surface area (Å²) in [4.78, 5) is 0.915. The van der Waals surface area contributed by atoms with Crippen LogP contribution >= 0.6 is 22.7 Å². The van der Waals surface area contributed by atoms with Crippen molar-refractivity contribution < 1.29 is 8.42 Å². The van der Waals surface area contributed by atoms with Crippen LogP contribution < -0.4 is 10.5 Å². The highest BCUT2D eigenvalue weighted by Crippen LogP contribution is 2.25. The maximum absolute atomic E-state index is 12.1. The van der Waals surface area contributed by atoms with E-state index in [1.807, 2.05) is 23.8 Å². The molecule has 0 saturated carbocycles. The standard InChI is InChI=1S/C12H16N2O2S3/c1-9-6-12(18-11(9)7-13)19(15,16)14-4-2-10-3-5-17-8-10/h3,5-6,8,14H,2,4,7,13H2,1H3. The van der Waals surface area contributed by atoms with Gasteiger partial charge in [0, 0.05) is 18.0 Å². The number of hydrogen-bond donors (Lipinski definition) is 2. The van der Waals surface area contributed by atoms with Crippen molar-refractivity contribution in [3.05, 3.63) is 38.9 Å². The number of rotatable bonds is 6. The zero-order valence-electron chi connectivity index (χ0n) is 10.5. The molecule has 4 nitrogen and oxygen atoms in total. The number of thiophene rings is 2. The summed E-state index contributed by atoms with van der Waals surface area (Å²) < 4.78 is 27.2. The fourth-order valence-electron chi connectivity index (χ4n) is 1.66. The molecule has 0 radical (unpaired) electrons.